The van der Waals surface area contributed by atoms with E-state index in [1.54, 1.807) is 19.9 Å². The molecule has 1 aromatic carbocycles. The van der Waals surface area contributed by atoms with Crippen molar-refractivity contribution in [1.29, 1.82) is 0 Å². The fourth-order valence-electron chi connectivity index (χ4n) is 1.34. The summed E-state index contributed by atoms with van der Waals surface area (Å²) in [6, 6.07) is 7.55. The standard InChI is InChI=1S/C12H18BrNO2S/c1-10(2)17(15,16)14-12-7-3-5-11(9-12)6-4-8-13/h3,5,7,9-10,14H,4,6,8H2,1-2H3. The van der Waals surface area contributed by atoms with Crippen LogP contribution >= 0.6 is 15.9 Å². The summed E-state index contributed by atoms with van der Waals surface area (Å²) in [4.78, 5) is 0. The summed E-state index contributed by atoms with van der Waals surface area (Å²) in [6.07, 6.45) is 1.99. The average Bonchev–Trinajstić information content (AvgIpc) is 2.26. The van der Waals surface area contributed by atoms with Crippen LogP contribution in [0, 0.1) is 0 Å². The van der Waals surface area contributed by atoms with Gasteiger partial charge in [0.25, 0.3) is 0 Å². The van der Waals surface area contributed by atoms with Crippen LogP contribution in [0.4, 0.5) is 5.69 Å². The molecule has 0 aromatic heterocycles. The van der Waals surface area contributed by atoms with Crippen LogP contribution in [0.3, 0.4) is 0 Å². The Morgan fingerprint density at radius 2 is 2.06 bits per heavy atom. The molecule has 0 radical (unpaired) electrons. The van der Waals surface area contributed by atoms with Crippen LogP contribution in [0.1, 0.15) is 25.8 Å². The van der Waals surface area contributed by atoms with E-state index in [1.807, 2.05) is 18.2 Å². The fourth-order valence-corrected chi connectivity index (χ4v) is 2.31. The van der Waals surface area contributed by atoms with Crippen molar-refractivity contribution in [2.45, 2.75) is 31.9 Å². The van der Waals surface area contributed by atoms with Gasteiger partial charge < -0.3 is 0 Å². The normalized spacial score (nSPS) is 11.8. The lowest BCUT2D eigenvalue weighted by molar-refractivity contribution is 0.593. The second kappa shape index (κ2) is 6.40. The minimum Gasteiger partial charge on any atom is -0.283 e. The van der Waals surface area contributed by atoms with Gasteiger partial charge in [0, 0.05) is 11.0 Å². The first-order valence-corrected chi connectivity index (χ1v) is 8.29. The molecular formula is C12H18BrNO2S. The Balaban J connectivity index is 2.79. The Morgan fingerprint density at radius 3 is 2.65 bits per heavy atom. The molecule has 3 nitrogen and oxygen atoms in total. The van der Waals surface area contributed by atoms with Gasteiger partial charge in [-0.05, 0) is 44.4 Å². The average molecular weight is 320 g/mol. The van der Waals surface area contributed by atoms with Crippen molar-refractivity contribution in [3.63, 3.8) is 0 Å². The van der Waals surface area contributed by atoms with Crippen LogP contribution in [0.2, 0.25) is 0 Å². The second-order valence-electron chi connectivity index (χ2n) is 4.19. The third kappa shape index (κ3) is 4.68. The van der Waals surface area contributed by atoms with E-state index in [2.05, 4.69) is 20.7 Å². The molecule has 1 N–H and O–H groups in total. The highest BCUT2D eigenvalue weighted by Crippen LogP contribution is 2.15. The van der Waals surface area contributed by atoms with Gasteiger partial charge in [-0.15, -0.1) is 0 Å². The van der Waals surface area contributed by atoms with Crippen LogP contribution in [-0.2, 0) is 16.4 Å². The van der Waals surface area contributed by atoms with Gasteiger partial charge in [0.05, 0.1) is 5.25 Å². The summed E-state index contributed by atoms with van der Waals surface area (Å²) in [6.45, 7) is 3.33. The van der Waals surface area contributed by atoms with E-state index in [4.69, 9.17) is 0 Å². The summed E-state index contributed by atoms with van der Waals surface area (Å²) < 4.78 is 26.0. The van der Waals surface area contributed by atoms with Crippen molar-refractivity contribution in [2.24, 2.45) is 0 Å². The lowest BCUT2D eigenvalue weighted by atomic mass is 10.1. The van der Waals surface area contributed by atoms with Crippen LogP contribution in [0.25, 0.3) is 0 Å². The highest BCUT2D eigenvalue weighted by Gasteiger charge is 2.15. The Bertz CT molecular complexity index is 457. The minimum absolute atomic E-state index is 0.423. The molecule has 17 heavy (non-hydrogen) atoms. The zero-order chi connectivity index (χ0) is 12.9. The van der Waals surface area contributed by atoms with E-state index in [-0.39, 0.29) is 0 Å². The van der Waals surface area contributed by atoms with E-state index in [0.717, 1.165) is 23.7 Å². The predicted molar refractivity (Wildman–Crippen MR) is 76.2 cm³/mol. The highest BCUT2D eigenvalue weighted by molar-refractivity contribution is 9.09. The lowest BCUT2D eigenvalue weighted by Gasteiger charge is -2.11. The lowest BCUT2D eigenvalue weighted by Crippen LogP contribution is -2.22. The monoisotopic (exact) mass is 319 g/mol. The van der Waals surface area contributed by atoms with Gasteiger partial charge in [-0.2, -0.15) is 0 Å². The van der Waals surface area contributed by atoms with E-state index >= 15 is 0 Å². The van der Waals surface area contributed by atoms with Crippen LogP contribution < -0.4 is 4.72 Å². The van der Waals surface area contributed by atoms with Crippen LogP contribution in [0.5, 0.6) is 0 Å². The smallest absolute Gasteiger partial charge is 0.235 e. The number of aryl methyl sites for hydroxylation is 1. The maximum absolute atomic E-state index is 11.7. The maximum atomic E-state index is 11.7. The van der Waals surface area contributed by atoms with E-state index in [9.17, 15) is 8.42 Å². The molecule has 0 atom stereocenters. The van der Waals surface area contributed by atoms with Gasteiger partial charge in [-0.25, -0.2) is 8.42 Å². The van der Waals surface area contributed by atoms with Gasteiger partial charge >= 0.3 is 0 Å². The summed E-state index contributed by atoms with van der Waals surface area (Å²) in [5.74, 6) is 0. The van der Waals surface area contributed by atoms with Gasteiger partial charge in [-0.1, -0.05) is 28.1 Å². The molecule has 0 aliphatic heterocycles. The van der Waals surface area contributed by atoms with E-state index in [0.29, 0.717) is 5.69 Å². The molecule has 0 saturated carbocycles. The Hall–Kier alpha value is -0.550. The summed E-state index contributed by atoms with van der Waals surface area (Å²) in [5, 5.41) is 0.531. The van der Waals surface area contributed by atoms with Crippen LogP contribution in [0.15, 0.2) is 24.3 Å². The molecule has 96 valence electrons. The molecule has 0 heterocycles. The number of sulfonamides is 1. The Kier molecular flexibility index (Phi) is 5.46. The molecule has 0 fully saturated rings. The highest BCUT2D eigenvalue weighted by atomic mass is 79.9. The predicted octanol–water partition coefficient (Wildman–Crippen LogP) is 3.16. The molecule has 0 saturated heterocycles. The van der Waals surface area contributed by atoms with Crippen molar-refractivity contribution >= 4 is 31.6 Å². The summed E-state index contributed by atoms with van der Waals surface area (Å²) in [5.41, 5.74) is 1.79. The molecule has 0 spiro atoms. The molecule has 0 aliphatic carbocycles. The van der Waals surface area contributed by atoms with Crippen molar-refractivity contribution in [1.82, 2.24) is 0 Å². The van der Waals surface area contributed by atoms with Gasteiger partial charge in [-0.3, -0.25) is 4.72 Å². The molecule has 1 rings (SSSR count). The number of hydrogen-bond donors (Lipinski definition) is 1. The zero-order valence-electron chi connectivity index (χ0n) is 10.1. The number of alkyl halides is 1. The first-order chi connectivity index (χ1) is 7.95. The quantitative estimate of drug-likeness (QED) is 0.819. The first kappa shape index (κ1) is 14.5. The molecule has 0 amide bonds. The minimum atomic E-state index is -3.25. The first-order valence-electron chi connectivity index (χ1n) is 5.62. The number of halogens is 1. The Labute approximate surface area is 112 Å². The largest absolute Gasteiger partial charge is 0.283 e. The van der Waals surface area contributed by atoms with E-state index in [1.165, 1.54) is 0 Å². The van der Waals surface area contributed by atoms with Crippen LogP contribution in [-0.4, -0.2) is 19.0 Å². The van der Waals surface area contributed by atoms with Gasteiger partial charge in [0.2, 0.25) is 10.0 Å². The molecule has 1 aromatic rings. The number of anilines is 1. The number of nitrogens with one attached hydrogen (secondary N) is 1. The van der Waals surface area contributed by atoms with Gasteiger partial charge in [0.15, 0.2) is 0 Å². The molecular weight excluding hydrogens is 302 g/mol. The molecule has 0 aliphatic rings. The van der Waals surface area contributed by atoms with Crippen molar-refractivity contribution < 1.29 is 8.42 Å². The third-order valence-corrected chi connectivity index (χ3v) is 4.73. The topological polar surface area (TPSA) is 46.2 Å². The number of rotatable bonds is 6. The third-order valence-electron chi connectivity index (χ3n) is 2.41. The summed E-state index contributed by atoms with van der Waals surface area (Å²) in [7, 11) is -3.25. The van der Waals surface area contributed by atoms with Gasteiger partial charge in [0.1, 0.15) is 0 Å². The second-order valence-corrected chi connectivity index (χ2v) is 7.22. The number of hydrogen-bond acceptors (Lipinski definition) is 2. The maximum Gasteiger partial charge on any atom is 0.235 e. The zero-order valence-corrected chi connectivity index (χ0v) is 12.5. The molecule has 0 bridgehead atoms. The van der Waals surface area contributed by atoms with E-state index < -0.39 is 15.3 Å². The Morgan fingerprint density at radius 1 is 1.35 bits per heavy atom. The summed E-state index contributed by atoms with van der Waals surface area (Å²) >= 11 is 3.38. The van der Waals surface area contributed by atoms with Crippen molar-refractivity contribution in [3.05, 3.63) is 29.8 Å². The molecule has 0 unspecified atom stereocenters. The number of benzene rings is 1. The van der Waals surface area contributed by atoms with Crippen molar-refractivity contribution in [2.75, 3.05) is 10.1 Å². The molecule has 5 heteroatoms. The van der Waals surface area contributed by atoms with Crippen molar-refractivity contribution in [3.8, 4) is 0 Å². The SMILES string of the molecule is CC(C)S(=O)(=O)Nc1cccc(CCCBr)c1. The fraction of sp³-hybridized carbons (Fsp3) is 0.500.